The lowest BCUT2D eigenvalue weighted by atomic mass is 9.77. The van der Waals surface area contributed by atoms with Crippen LogP contribution < -0.4 is 10.5 Å². The van der Waals surface area contributed by atoms with Crippen LogP contribution in [0.25, 0.3) is 0 Å². The molecule has 0 aliphatic heterocycles. The van der Waals surface area contributed by atoms with Crippen molar-refractivity contribution in [3.8, 4) is 5.75 Å². The van der Waals surface area contributed by atoms with Gasteiger partial charge in [-0.15, -0.1) is 0 Å². The van der Waals surface area contributed by atoms with Crippen LogP contribution in [0.15, 0.2) is 12.1 Å². The minimum atomic E-state index is 0.0357. The summed E-state index contributed by atoms with van der Waals surface area (Å²) in [4.78, 5) is 0. The van der Waals surface area contributed by atoms with Crippen LogP contribution in [0.1, 0.15) is 84.5 Å². The zero-order chi connectivity index (χ0) is 16.4. The number of ether oxygens (including phenoxy) is 1. The fourth-order valence-electron chi connectivity index (χ4n) is 2.51. The molecule has 0 aromatic heterocycles. The summed E-state index contributed by atoms with van der Waals surface area (Å²) < 4.78 is 6.05. The Labute approximate surface area is 131 Å². The van der Waals surface area contributed by atoms with Crippen molar-refractivity contribution in [2.75, 3.05) is 6.61 Å². The van der Waals surface area contributed by atoms with Gasteiger partial charge in [0.15, 0.2) is 0 Å². The van der Waals surface area contributed by atoms with Crippen LogP contribution in [0.3, 0.4) is 0 Å². The molecule has 2 nitrogen and oxygen atoms in total. The monoisotopic (exact) mass is 291 g/mol. The Morgan fingerprint density at radius 2 is 1.38 bits per heavy atom. The van der Waals surface area contributed by atoms with Crippen molar-refractivity contribution < 1.29 is 4.74 Å². The lowest BCUT2D eigenvalue weighted by molar-refractivity contribution is 0.319. The zero-order valence-corrected chi connectivity index (χ0v) is 15.1. The molecular weight excluding hydrogens is 258 g/mol. The first-order chi connectivity index (χ1) is 9.52. The predicted octanol–water partition coefficient (Wildman–Crippen LogP) is 5.09. The molecule has 120 valence electrons. The maximum atomic E-state index is 6.30. The van der Waals surface area contributed by atoms with E-state index in [0.717, 1.165) is 12.2 Å². The van der Waals surface area contributed by atoms with Crippen molar-refractivity contribution in [3.63, 3.8) is 0 Å². The minimum Gasteiger partial charge on any atom is -0.493 e. The van der Waals surface area contributed by atoms with Gasteiger partial charge in [-0.1, -0.05) is 48.5 Å². The Hall–Kier alpha value is -1.02. The van der Waals surface area contributed by atoms with Crippen molar-refractivity contribution in [2.24, 2.45) is 5.73 Å². The van der Waals surface area contributed by atoms with Crippen molar-refractivity contribution >= 4 is 0 Å². The van der Waals surface area contributed by atoms with Crippen LogP contribution >= 0.6 is 0 Å². The van der Waals surface area contributed by atoms with Crippen molar-refractivity contribution in [1.82, 2.24) is 0 Å². The largest absolute Gasteiger partial charge is 0.493 e. The maximum absolute atomic E-state index is 6.30. The van der Waals surface area contributed by atoms with Crippen molar-refractivity contribution in [3.05, 3.63) is 28.8 Å². The van der Waals surface area contributed by atoms with Gasteiger partial charge in [-0.05, 0) is 41.9 Å². The standard InChI is InChI=1S/C19H33NO/c1-9-16(20)13-11-14(18(3,4)5)17(21-10-2)15(12-13)19(6,7)8/h11-12,16H,9-10,20H2,1-8H3. The Balaban J connectivity index is 3.66. The first-order valence-corrected chi connectivity index (χ1v) is 8.09. The van der Waals surface area contributed by atoms with E-state index in [1.807, 2.05) is 6.92 Å². The summed E-state index contributed by atoms with van der Waals surface area (Å²) in [7, 11) is 0. The Morgan fingerprint density at radius 1 is 0.952 bits per heavy atom. The highest BCUT2D eigenvalue weighted by Gasteiger charge is 2.28. The molecule has 21 heavy (non-hydrogen) atoms. The van der Waals surface area contributed by atoms with E-state index in [2.05, 4.69) is 60.6 Å². The van der Waals surface area contributed by atoms with Gasteiger partial charge in [0.2, 0.25) is 0 Å². The molecule has 0 amide bonds. The molecule has 0 aliphatic rings. The van der Waals surface area contributed by atoms with Crippen LogP contribution in [-0.4, -0.2) is 6.61 Å². The molecule has 0 saturated carbocycles. The molecule has 0 aliphatic carbocycles. The third-order valence-corrected chi connectivity index (χ3v) is 3.88. The molecule has 2 N–H and O–H groups in total. The number of benzene rings is 1. The van der Waals surface area contributed by atoms with E-state index < -0.39 is 0 Å². The van der Waals surface area contributed by atoms with E-state index in [0.29, 0.717) is 6.61 Å². The summed E-state index contributed by atoms with van der Waals surface area (Å²) in [5, 5.41) is 0. The van der Waals surface area contributed by atoms with E-state index in [1.165, 1.54) is 16.7 Å². The highest BCUT2D eigenvalue weighted by molar-refractivity contribution is 5.51. The molecule has 0 spiro atoms. The molecule has 0 fully saturated rings. The Kier molecular flexibility index (Phi) is 5.49. The van der Waals surface area contributed by atoms with Gasteiger partial charge in [0, 0.05) is 17.2 Å². The average Bonchev–Trinajstić information content (AvgIpc) is 2.35. The van der Waals surface area contributed by atoms with Gasteiger partial charge >= 0.3 is 0 Å². The fraction of sp³-hybridized carbons (Fsp3) is 0.684. The van der Waals surface area contributed by atoms with E-state index in [4.69, 9.17) is 10.5 Å². The summed E-state index contributed by atoms with van der Waals surface area (Å²) in [6.45, 7) is 18.3. The highest BCUT2D eigenvalue weighted by Crippen LogP contribution is 2.41. The van der Waals surface area contributed by atoms with Gasteiger partial charge in [-0.2, -0.15) is 0 Å². The molecule has 0 bridgehead atoms. The van der Waals surface area contributed by atoms with Gasteiger partial charge in [0.05, 0.1) is 6.61 Å². The van der Waals surface area contributed by atoms with Gasteiger partial charge in [0.1, 0.15) is 5.75 Å². The third-order valence-electron chi connectivity index (χ3n) is 3.88. The molecule has 0 saturated heterocycles. The van der Waals surface area contributed by atoms with E-state index in [9.17, 15) is 0 Å². The highest BCUT2D eigenvalue weighted by atomic mass is 16.5. The topological polar surface area (TPSA) is 35.2 Å². The molecule has 1 rings (SSSR count). The summed E-state index contributed by atoms with van der Waals surface area (Å²) in [5.74, 6) is 1.05. The molecule has 1 atom stereocenters. The molecule has 0 heterocycles. The van der Waals surface area contributed by atoms with E-state index in [-0.39, 0.29) is 16.9 Å². The molecule has 1 aromatic carbocycles. The summed E-state index contributed by atoms with van der Waals surface area (Å²) in [6, 6.07) is 4.57. The normalized spacial score (nSPS) is 14.1. The second-order valence-corrected chi connectivity index (χ2v) is 7.89. The van der Waals surface area contributed by atoms with Gasteiger partial charge in [0.25, 0.3) is 0 Å². The first kappa shape index (κ1) is 18.0. The molecule has 0 radical (unpaired) electrons. The second kappa shape index (κ2) is 6.39. The van der Waals surface area contributed by atoms with Gasteiger partial charge in [-0.25, -0.2) is 0 Å². The van der Waals surface area contributed by atoms with E-state index in [1.54, 1.807) is 0 Å². The fourth-order valence-corrected chi connectivity index (χ4v) is 2.51. The van der Waals surface area contributed by atoms with Crippen LogP contribution in [0.2, 0.25) is 0 Å². The van der Waals surface area contributed by atoms with Crippen molar-refractivity contribution in [1.29, 1.82) is 0 Å². The Morgan fingerprint density at radius 3 is 1.67 bits per heavy atom. The first-order valence-electron chi connectivity index (χ1n) is 8.09. The lowest BCUT2D eigenvalue weighted by Gasteiger charge is -2.31. The zero-order valence-electron chi connectivity index (χ0n) is 15.1. The predicted molar refractivity (Wildman–Crippen MR) is 92.2 cm³/mol. The van der Waals surface area contributed by atoms with Crippen LogP contribution in [0, 0.1) is 0 Å². The van der Waals surface area contributed by atoms with Gasteiger partial charge in [-0.3, -0.25) is 0 Å². The van der Waals surface area contributed by atoms with Crippen LogP contribution in [0.4, 0.5) is 0 Å². The van der Waals surface area contributed by atoms with Crippen LogP contribution in [-0.2, 0) is 10.8 Å². The molecule has 2 heteroatoms. The molecular formula is C19H33NO. The lowest BCUT2D eigenvalue weighted by Crippen LogP contribution is -2.22. The summed E-state index contributed by atoms with van der Waals surface area (Å²) >= 11 is 0. The number of nitrogens with two attached hydrogens (primary N) is 1. The molecule has 1 unspecified atom stereocenters. The van der Waals surface area contributed by atoms with Gasteiger partial charge < -0.3 is 10.5 Å². The number of hydrogen-bond acceptors (Lipinski definition) is 2. The SMILES string of the molecule is CCOc1c(C(C)(C)C)cc(C(N)CC)cc1C(C)(C)C. The van der Waals surface area contributed by atoms with Crippen molar-refractivity contribution in [2.45, 2.75) is 78.7 Å². The minimum absolute atomic E-state index is 0.0357. The smallest absolute Gasteiger partial charge is 0.126 e. The van der Waals surface area contributed by atoms with Crippen LogP contribution in [0.5, 0.6) is 5.75 Å². The quantitative estimate of drug-likeness (QED) is 0.838. The number of hydrogen-bond donors (Lipinski definition) is 1. The molecule has 1 aromatic rings. The second-order valence-electron chi connectivity index (χ2n) is 7.89. The summed E-state index contributed by atoms with van der Waals surface area (Å²) in [6.07, 6.45) is 0.946. The number of rotatable bonds is 4. The maximum Gasteiger partial charge on any atom is 0.126 e. The average molecular weight is 291 g/mol. The summed E-state index contributed by atoms with van der Waals surface area (Å²) in [5.41, 5.74) is 10.1. The Bertz CT molecular complexity index is 442. The third kappa shape index (κ3) is 4.23. The van der Waals surface area contributed by atoms with E-state index >= 15 is 0 Å².